The zero-order valence-corrected chi connectivity index (χ0v) is 12.4. The monoisotopic (exact) mass is 277 g/mol. The maximum absolute atomic E-state index is 10.7. The van der Waals surface area contributed by atoms with Crippen LogP contribution >= 0.6 is 0 Å². The molecule has 1 aromatic carbocycles. The van der Waals surface area contributed by atoms with Gasteiger partial charge < -0.3 is 9.84 Å². The Morgan fingerprint density at radius 1 is 1.50 bits per heavy atom. The average Bonchev–Trinajstić information content (AvgIpc) is 2.75. The lowest BCUT2D eigenvalue weighted by Gasteiger charge is -2.28. The van der Waals surface area contributed by atoms with E-state index in [9.17, 15) is 4.79 Å². The molecule has 1 N–H and O–H groups in total. The smallest absolute Gasteiger partial charge is 0.304 e. The minimum atomic E-state index is -0.748. The van der Waals surface area contributed by atoms with Gasteiger partial charge in [-0.25, -0.2) is 0 Å². The summed E-state index contributed by atoms with van der Waals surface area (Å²) >= 11 is 0. The lowest BCUT2D eigenvalue weighted by molar-refractivity contribution is -0.137. The van der Waals surface area contributed by atoms with Crippen LogP contribution in [0.15, 0.2) is 18.2 Å². The van der Waals surface area contributed by atoms with Crippen LogP contribution in [-0.2, 0) is 11.2 Å². The first-order valence-electron chi connectivity index (χ1n) is 7.17. The Morgan fingerprint density at radius 2 is 2.25 bits per heavy atom. The molecule has 0 spiro atoms. The Balaban J connectivity index is 1.94. The van der Waals surface area contributed by atoms with Gasteiger partial charge >= 0.3 is 5.97 Å². The summed E-state index contributed by atoms with van der Waals surface area (Å²) < 4.78 is 5.96. The standard InChI is InChI=1S/C16H23NO3/c1-11(2)17(7-6-16(18)19)10-14-9-13-8-12(3)4-5-15(13)20-14/h4-5,8,11,14H,6-7,9-10H2,1-3H3,(H,18,19). The quantitative estimate of drug-likeness (QED) is 0.868. The van der Waals surface area contributed by atoms with Crippen molar-refractivity contribution in [2.75, 3.05) is 13.1 Å². The summed E-state index contributed by atoms with van der Waals surface area (Å²) in [5.41, 5.74) is 2.51. The van der Waals surface area contributed by atoms with Gasteiger partial charge in [-0.3, -0.25) is 9.69 Å². The van der Waals surface area contributed by atoms with Gasteiger partial charge in [-0.1, -0.05) is 17.7 Å². The second-order valence-corrected chi connectivity index (χ2v) is 5.79. The van der Waals surface area contributed by atoms with Gasteiger partial charge in [-0.2, -0.15) is 0 Å². The highest BCUT2D eigenvalue weighted by Gasteiger charge is 2.26. The largest absolute Gasteiger partial charge is 0.488 e. The molecule has 0 aromatic heterocycles. The van der Waals surface area contributed by atoms with Crippen molar-refractivity contribution in [3.63, 3.8) is 0 Å². The summed E-state index contributed by atoms with van der Waals surface area (Å²) in [4.78, 5) is 12.9. The molecule has 1 aromatic rings. The van der Waals surface area contributed by atoms with Gasteiger partial charge in [0.05, 0.1) is 6.42 Å². The number of hydrogen-bond donors (Lipinski definition) is 1. The second kappa shape index (κ2) is 6.27. The van der Waals surface area contributed by atoms with Gasteiger partial charge in [-0.15, -0.1) is 0 Å². The zero-order valence-electron chi connectivity index (χ0n) is 12.4. The summed E-state index contributed by atoms with van der Waals surface area (Å²) in [6.07, 6.45) is 1.22. The van der Waals surface area contributed by atoms with Crippen LogP contribution in [0.1, 0.15) is 31.4 Å². The first kappa shape index (κ1) is 14.9. The van der Waals surface area contributed by atoms with Gasteiger partial charge in [0.15, 0.2) is 0 Å². The first-order valence-corrected chi connectivity index (χ1v) is 7.17. The van der Waals surface area contributed by atoms with Crippen LogP contribution in [0.2, 0.25) is 0 Å². The van der Waals surface area contributed by atoms with Crippen LogP contribution in [0, 0.1) is 6.92 Å². The molecule has 2 rings (SSSR count). The van der Waals surface area contributed by atoms with E-state index in [-0.39, 0.29) is 12.5 Å². The van der Waals surface area contributed by atoms with E-state index in [1.807, 2.05) is 6.07 Å². The molecule has 0 saturated heterocycles. The molecule has 0 aliphatic carbocycles. The van der Waals surface area contributed by atoms with Crippen molar-refractivity contribution in [3.8, 4) is 5.75 Å². The molecular weight excluding hydrogens is 254 g/mol. The number of fused-ring (bicyclic) bond motifs is 1. The molecule has 110 valence electrons. The zero-order chi connectivity index (χ0) is 14.7. The van der Waals surface area contributed by atoms with E-state index in [1.54, 1.807) is 0 Å². The molecule has 1 heterocycles. The molecule has 1 unspecified atom stereocenters. The summed E-state index contributed by atoms with van der Waals surface area (Å²) in [7, 11) is 0. The van der Waals surface area contributed by atoms with Crippen LogP contribution in [-0.4, -0.2) is 41.2 Å². The van der Waals surface area contributed by atoms with Crippen LogP contribution in [0.25, 0.3) is 0 Å². The van der Waals surface area contributed by atoms with E-state index in [4.69, 9.17) is 9.84 Å². The fourth-order valence-electron chi connectivity index (χ4n) is 2.61. The molecule has 4 nitrogen and oxygen atoms in total. The van der Waals surface area contributed by atoms with Crippen molar-refractivity contribution in [3.05, 3.63) is 29.3 Å². The van der Waals surface area contributed by atoms with Crippen molar-refractivity contribution in [1.82, 2.24) is 4.90 Å². The first-order chi connectivity index (χ1) is 9.45. The van der Waals surface area contributed by atoms with Crippen LogP contribution < -0.4 is 4.74 Å². The van der Waals surface area contributed by atoms with Gasteiger partial charge in [0.2, 0.25) is 0 Å². The molecular formula is C16H23NO3. The highest BCUT2D eigenvalue weighted by Crippen LogP contribution is 2.30. The summed E-state index contributed by atoms with van der Waals surface area (Å²) in [6.45, 7) is 7.62. The molecule has 1 atom stereocenters. The number of hydrogen-bond acceptors (Lipinski definition) is 3. The maximum atomic E-state index is 10.7. The third-order valence-electron chi connectivity index (χ3n) is 3.74. The van der Waals surface area contributed by atoms with Gasteiger partial charge in [0.1, 0.15) is 11.9 Å². The Labute approximate surface area is 120 Å². The lowest BCUT2D eigenvalue weighted by atomic mass is 10.1. The van der Waals surface area contributed by atoms with E-state index < -0.39 is 5.97 Å². The molecule has 0 saturated carbocycles. The minimum absolute atomic E-state index is 0.128. The Kier molecular flexibility index (Phi) is 4.65. The normalized spacial score (nSPS) is 17.4. The summed E-state index contributed by atoms with van der Waals surface area (Å²) in [5, 5.41) is 8.82. The predicted molar refractivity (Wildman–Crippen MR) is 78.3 cm³/mol. The van der Waals surface area contributed by atoms with Crippen LogP contribution in [0.3, 0.4) is 0 Å². The number of benzene rings is 1. The van der Waals surface area contributed by atoms with E-state index in [0.717, 1.165) is 18.7 Å². The topological polar surface area (TPSA) is 49.8 Å². The number of aliphatic carboxylic acids is 1. The van der Waals surface area contributed by atoms with Gasteiger partial charge in [-0.05, 0) is 32.4 Å². The summed E-state index contributed by atoms with van der Waals surface area (Å²) in [5.74, 6) is 0.226. The third kappa shape index (κ3) is 3.73. The number of carboxylic acid groups (broad SMARTS) is 1. The second-order valence-electron chi connectivity index (χ2n) is 5.79. The molecule has 1 aliphatic heterocycles. The number of carboxylic acids is 1. The van der Waals surface area contributed by atoms with E-state index in [0.29, 0.717) is 12.6 Å². The predicted octanol–water partition coefficient (Wildman–Crippen LogP) is 2.48. The SMILES string of the molecule is Cc1ccc2c(c1)CC(CN(CCC(=O)O)C(C)C)O2. The number of carbonyl (C=O) groups is 1. The fourth-order valence-corrected chi connectivity index (χ4v) is 2.61. The average molecular weight is 277 g/mol. The van der Waals surface area contributed by atoms with Crippen molar-refractivity contribution in [2.45, 2.75) is 45.8 Å². The number of rotatable bonds is 6. The molecule has 0 fully saturated rings. The fraction of sp³-hybridized carbons (Fsp3) is 0.562. The maximum Gasteiger partial charge on any atom is 0.304 e. The van der Waals surface area contributed by atoms with Crippen molar-refractivity contribution in [2.24, 2.45) is 0 Å². The molecule has 0 bridgehead atoms. The molecule has 1 aliphatic rings. The molecule has 20 heavy (non-hydrogen) atoms. The third-order valence-corrected chi connectivity index (χ3v) is 3.74. The molecule has 4 heteroatoms. The van der Waals surface area contributed by atoms with E-state index in [1.165, 1.54) is 11.1 Å². The van der Waals surface area contributed by atoms with Crippen molar-refractivity contribution in [1.29, 1.82) is 0 Å². The van der Waals surface area contributed by atoms with E-state index in [2.05, 4.69) is 37.8 Å². The van der Waals surface area contributed by atoms with Gasteiger partial charge in [0, 0.05) is 25.6 Å². The Hall–Kier alpha value is -1.55. The highest BCUT2D eigenvalue weighted by atomic mass is 16.5. The number of ether oxygens (including phenoxy) is 1. The Bertz CT molecular complexity index is 485. The van der Waals surface area contributed by atoms with Crippen LogP contribution in [0.5, 0.6) is 5.75 Å². The van der Waals surface area contributed by atoms with Gasteiger partial charge in [0.25, 0.3) is 0 Å². The Morgan fingerprint density at radius 3 is 2.90 bits per heavy atom. The number of nitrogens with zero attached hydrogens (tertiary/aromatic N) is 1. The van der Waals surface area contributed by atoms with E-state index >= 15 is 0 Å². The van der Waals surface area contributed by atoms with Crippen LogP contribution in [0.4, 0.5) is 0 Å². The van der Waals surface area contributed by atoms with Crippen molar-refractivity contribution >= 4 is 5.97 Å². The minimum Gasteiger partial charge on any atom is -0.488 e. The number of aryl methyl sites for hydroxylation is 1. The molecule has 0 amide bonds. The highest BCUT2D eigenvalue weighted by molar-refractivity contribution is 5.66. The van der Waals surface area contributed by atoms with Crippen molar-refractivity contribution < 1.29 is 14.6 Å². The summed E-state index contributed by atoms with van der Waals surface area (Å²) in [6, 6.07) is 6.59. The lowest BCUT2D eigenvalue weighted by Crippen LogP contribution is -2.40. The molecule has 0 radical (unpaired) electrons.